The molecule has 0 aromatic heterocycles. The molecule has 3 heteroatoms. The molecule has 0 aliphatic heterocycles. The standard InChI is InChI=1S/C12H12N2O/c13-9-8-11-5-2-1-4-10(11)6-3-7-12(14)15/h1-6H,7-8H2,(H2,14,15). The van der Waals surface area contributed by atoms with E-state index in [4.69, 9.17) is 11.0 Å². The van der Waals surface area contributed by atoms with Crippen LogP contribution in [-0.4, -0.2) is 5.91 Å². The maximum Gasteiger partial charge on any atom is 0.221 e. The van der Waals surface area contributed by atoms with E-state index in [0.29, 0.717) is 6.42 Å². The lowest BCUT2D eigenvalue weighted by Gasteiger charge is -2.00. The first-order valence-electron chi connectivity index (χ1n) is 4.63. The molecule has 0 aliphatic rings. The predicted molar refractivity (Wildman–Crippen MR) is 58.6 cm³/mol. The van der Waals surface area contributed by atoms with E-state index in [2.05, 4.69) is 6.07 Å². The lowest BCUT2D eigenvalue weighted by Crippen LogP contribution is -2.07. The molecule has 1 aromatic rings. The SMILES string of the molecule is N#CCc1ccccc1C=CCC(N)=O. The van der Waals surface area contributed by atoms with Crippen molar-refractivity contribution in [2.45, 2.75) is 12.8 Å². The molecule has 1 rings (SSSR count). The van der Waals surface area contributed by atoms with Gasteiger partial charge in [0.05, 0.1) is 12.5 Å². The van der Waals surface area contributed by atoms with Crippen LogP contribution in [0.25, 0.3) is 6.08 Å². The van der Waals surface area contributed by atoms with E-state index >= 15 is 0 Å². The van der Waals surface area contributed by atoms with Crippen LogP contribution < -0.4 is 5.73 Å². The van der Waals surface area contributed by atoms with E-state index in [1.165, 1.54) is 0 Å². The van der Waals surface area contributed by atoms with Crippen molar-refractivity contribution in [1.29, 1.82) is 5.26 Å². The van der Waals surface area contributed by atoms with Crippen LogP contribution in [0.1, 0.15) is 17.5 Å². The molecular weight excluding hydrogens is 188 g/mol. The van der Waals surface area contributed by atoms with Gasteiger partial charge < -0.3 is 5.73 Å². The molecule has 15 heavy (non-hydrogen) atoms. The van der Waals surface area contributed by atoms with E-state index in [-0.39, 0.29) is 12.3 Å². The summed E-state index contributed by atoms with van der Waals surface area (Å²) in [7, 11) is 0. The molecule has 0 spiro atoms. The highest BCUT2D eigenvalue weighted by Gasteiger charge is 1.97. The maximum atomic E-state index is 10.5. The van der Waals surface area contributed by atoms with Crippen molar-refractivity contribution in [1.82, 2.24) is 0 Å². The minimum Gasteiger partial charge on any atom is -0.369 e. The van der Waals surface area contributed by atoms with Crippen LogP contribution in [0.2, 0.25) is 0 Å². The molecule has 0 heterocycles. The lowest BCUT2D eigenvalue weighted by atomic mass is 10.0. The van der Waals surface area contributed by atoms with Gasteiger partial charge in [0.25, 0.3) is 0 Å². The average molecular weight is 200 g/mol. The van der Waals surface area contributed by atoms with Gasteiger partial charge in [-0.3, -0.25) is 4.79 Å². The molecule has 0 fully saturated rings. The summed E-state index contributed by atoms with van der Waals surface area (Å²) in [5.41, 5.74) is 6.93. The fourth-order valence-electron chi connectivity index (χ4n) is 1.24. The third kappa shape index (κ3) is 3.65. The van der Waals surface area contributed by atoms with Crippen LogP contribution in [-0.2, 0) is 11.2 Å². The van der Waals surface area contributed by atoms with Gasteiger partial charge in [-0.2, -0.15) is 5.26 Å². The van der Waals surface area contributed by atoms with Gasteiger partial charge >= 0.3 is 0 Å². The number of carbonyl (C=O) groups excluding carboxylic acids is 1. The molecule has 2 N–H and O–H groups in total. The predicted octanol–water partition coefficient (Wildman–Crippen LogP) is 1.64. The summed E-state index contributed by atoms with van der Waals surface area (Å²) in [6.07, 6.45) is 4.12. The second-order valence-corrected chi connectivity index (χ2v) is 3.11. The normalized spacial score (nSPS) is 10.1. The monoisotopic (exact) mass is 200 g/mol. The molecule has 0 bridgehead atoms. The molecular formula is C12H12N2O. The van der Waals surface area contributed by atoms with Gasteiger partial charge in [-0.05, 0) is 11.1 Å². The number of nitriles is 1. The molecule has 1 amide bonds. The minimum absolute atomic E-state index is 0.223. The van der Waals surface area contributed by atoms with Crippen LogP contribution in [0.5, 0.6) is 0 Å². The Kier molecular flexibility index (Phi) is 4.11. The Morgan fingerprint density at radius 3 is 2.87 bits per heavy atom. The van der Waals surface area contributed by atoms with Gasteiger partial charge in [-0.1, -0.05) is 36.4 Å². The average Bonchev–Trinajstić information content (AvgIpc) is 2.20. The summed E-state index contributed by atoms with van der Waals surface area (Å²) >= 11 is 0. The molecule has 0 atom stereocenters. The minimum atomic E-state index is -0.357. The molecule has 0 saturated carbocycles. The Bertz CT molecular complexity index is 416. The van der Waals surface area contributed by atoms with Gasteiger partial charge in [0, 0.05) is 6.42 Å². The fourth-order valence-corrected chi connectivity index (χ4v) is 1.24. The highest BCUT2D eigenvalue weighted by Crippen LogP contribution is 2.11. The van der Waals surface area contributed by atoms with Gasteiger partial charge in [-0.15, -0.1) is 0 Å². The molecule has 0 aliphatic carbocycles. The van der Waals surface area contributed by atoms with Gasteiger partial charge in [0.2, 0.25) is 5.91 Å². The largest absolute Gasteiger partial charge is 0.369 e. The Morgan fingerprint density at radius 1 is 1.47 bits per heavy atom. The van der Waals surface area contributed by atoms with Crippen LogP contribution in [0, 0.1) is 11.3 Å². The number of carbonyl (C=O) groups is 1. The number of nitrogens with two attached hydrogens (primary N) is 1. The van der Waals surface area contributed by atoms with Crippen molar-refractivity contribution in [2.24, 2.45) is 5.73 Å². The number of amides is 1. The third-order valence-corrected chi connectivity index (χ3v) is 1.94. The van der Waals surface area contributed by atoms with Crippen molar-refractivity contribution < 1.29 is 4.79 Å². The highest BCUT2D eigenvalue weighted by atomic mass is 16.1. The van der Waals surface area contributed by atoms with Crippen molar-refractivity contribution in [2.75, 3.05) is 0 Å². The van der Waals surface area contributed by atoms with Crippen LogP contribution in [0.4, 0.5) is 0 Å². The summed E-state index contributed by atoms with van der Waals surface area (Å²) in [4.78, 5) is 10.5. The van der Waals surface area contributed by atoms with Crippen LogP contribution in [0.15, 0.2) is 30.3 Å². The quantitative estimate of drug-likeness (QED) is 0.802. The van der Waals surface area contributed by atoms with E-state index < -0.39 is 0 Å². The number of rotatable bonds is 4. The lowest BCUT2D eigenvalue weighted by molar-refractivity contribution is -0.117. The van der Waals surface area contributed by atoms with Crippen LogP contribution in [0.3, 0.4) is 0 Å². The summed E-state index contributed by atoms with van der Waals surface area (Å²) in [5, 5.41) is 8.61. The maximum absolute atomic E-state index is 10.5. The summed E-state index contributed by atoms with van der Waals surface area (Å²) in [6, 6.07) is 9.68. The molecule has 0 unspecified atom stereocenters. The fraction of sp³-hybridized carbons (Fsp3) is 0.167. The first kappa shape index (κ1) is 11.0. The Labute approximate surface area is 88.8 Å². The van der Waals surface area contributed by atoms with E-state index in [9.17, 15) is 4.79 Å². The Morgan fingerprint density at radius 2 is 2.20 bits per heavy atom. The van der Waals surface area contributed by atoms with Gasteiger partial charge in [-0.25, -0.2) is 0 Å². The van der Waals surface area contributed by atoms with Crippen molar-refractivity contribution in [3.05, 3.63) is 41.5 Å². The number of nitrogens with zero attached hydrogens (tertiary/aromatic N) is 1. The summed E-state index contributed by atoms with van der Waals surface area (Å²) in [6.45, 7) is 0. The summed E-state index contributed by atoms with van der Waals surface area (Å²) < 4.78 is 0. The summed E-state index contributed by atoms with van der Waals surface area (Å²) in [5.74, 6) is -0.357. The van der Waals surface area contributed by atoms with Gasteiger partial charge in [0.15, 0.2) is 0 Å². The van der Waals surface area contributed by atoms with E-state index in [0.717, 1.165) is 11.1 Å². The van der Waals surface area contributed by atoms with Crippen molar-refractivity contribution >= 4 is 12.0 Å². The van der Waals surface area contributed by atoms with E-state index in [1.807, 2.05) is 30.3 Å². The zero-order valence-corrected chi connectivity index (χ0v) is 8.31. The molecule has 3 nitrogen and oxygen atoms in total. The second kappa shape index (κ2) is 5.61. The second-order valence-electron chi connectivity index (χ2n) is 3.11. The molecule has 1 aromatic carbocycles. The highest BCUT2D eigenvalue weighted by molar-refractivity contribution is 5.76. The first-order chi connectivity index (χ1) is 7.24. The van der Waals surface area contributed by atoms with E-state index in [1.54, 1.807) is 6.08 Å². The molecule has 0 radical (unpaired) electrons. The van der Waals surface area contributed by atoms with Gasteiger partial charge in [0.1, 0.15) is 0 Å². The third-order valence-electron chi connectivity index (χ3n) is 1.94. The Balaban J connectivity index is 2.80. The van der Waals surface area contributed by atoms with Crippen molar-refractivity contribution in [3.63, 3.8) is 0 Å². The number of hydrogen-bond acceptors (Lipinski definition) is 2. The zero-order chi connectivity index (χ0) is 11.1. The number of benzene rings is 1. The molecule has 0 saturated heterocycles. The number of hydrogen-bond donors (Lipinski definition) is 1. The zero-order valence-electron chi connectivity index (χ0n) is 8.31. The topological polar surface area (TPSA) is 66.9 Å². The Hall–Kier alpha value is -2.08. The number of primary amides is 1. The van der Waals surface area contributed by atoms with Crippen LogP contribution >= 0.6 is 0 Å². The first-order valence-corrected chi connectivity index (χ1v) is 4.63. The smallest absolute Gasteiger partial charge is 0.221 e. The van der Waals surface area contributed by atoms with Crippen molar-refractivity contribution in [3.8, 4) is 6.07 Å². The molecule has 76 valence electrons.